The van der Waals surface area contributed by atoms with Gasteiger partial charge in [-0.1, -0.05) is 12.8 Å². The number of carbonyl (C=O) groups excluding carboxylic acids is 1. The molecule has 0 aromatic carbocycles. The van der Waals surface area contributed by atoms with E-state index in [4.69, 9.17) is 0 Å². The van der Waals surface area contributed by atoms with E-state index in [1.165, 1.54) is 0 Å². The van der Waals surface area contributed by atoms with Crippen LogP contribution in [0.3, 0.4) is 0 Å². The maximum absolute atomic E-state index is 12.1. The summed E-state index contributed by atoms with van der Waals surface area (Å²) >= 11 is 0. The normalized spacial score (nSPS) is 33.2. The van der Waals surface area contributed by atoms with Crippen molar-refractivity contribution < 1.29 is 27.8 Å². The number of aliphatic hydroxyl groups is 1. The van der Waals surface area contributed by atoms with Crippen molar-refractivity contribution in [3.05, 3.63) is 0 Å². The van der Waals surface area contributed by atoms with Crippen molar-refractivity contribution in [1.29, 1.82) is 0 Å². The smallest absolute Gasteiger partial charge is 0.390 e. The average molecular weight is 323 g/mol. The van der Waals surface area contributed by atoms with Crippen LogP contribution in [0.4, 0.5) is 13.2 Å². The van der Waals surface area contributed by atoms with E-state index in [9.17, 15) is 23.1 Å². The molecule has 2 rings (SSSR count). The van der Waals surface area contributed by atoms with Gasteiger partial charge in [-0.2, -0.15) is 13.2 Å². The Hall–Kier alpha value is -0.820. The second-order valence-electron chi connectivity index (χ2n) is 6.61. The largest absolute Gasteiger partial charge is 0.411 e. The van der Waals surface area contributed by atoms with Crippen molar-refractivity contribution in [3.63, 3.8) is 0 Å². The monoisotopic (exact) mass is 323 g/mol. The first-order chi connectivity index (χ1) is 10.2. The molecule has 1 saturated carbocycles. The van der Waals surface area contributed by atoms with Gasteiger partial charge >= 0.3 is 6.18 Å². The van der Waals surface area contributed by atoms with Crippen LogP contribution >= 0.6 is 0 Å². The van der Waals surface area contributed by atoms with E-state index >= 15 is 0 Å². The lowest BCUT2D eigenvalue weighted by atomic mass is 9.72. The second kappa shape index (κ2) is 6.74. The third-order valence-electron chi connectivity index (χ3n) is 4.82. The standard InChI is InChI=1S/C15H24F3NO3/c1-14(21)7-3-2-5-11(14)12-6-4-8-19(12)13(20)9-22-10-15(16,17)18/h11-12,21H,2-10H2,1H3/t11-,12-,14+/m1/s1. The van der Waals surface area contributed by atoms with Crippen LogP contribution in [-0.4, -0.2) is 53.5 Å². The van der Waals surface area contributed by atoms with Gasteiger partial charge in [0.1, 0.15) is 13.2 Å². The van der Waals surface area contributed by atoms with E-state index in [-0.39, 0.29) is 12.0 Å². The van der Waals surface area contributed by atoms with Gasteiger partial charge in [-0.05, 0) is 32.6 Å². The van der Waals surface area contributed by atoms with Gasteiger partial charge in [0.15, 0.2) is 0 Å². The van der Waals surface area contributed by atoms with Crippen molar-refractivity contribution >= 4 is 5.91 Å². The van der Waals surface area contributed by atoms with Crippen LogP contribution < -0.4 is 0 Å². The highest BCUT2D eigenvalue weighted by Crippen LogP contribution is 2.40. The van der Waals surface area contributed by atoms with E-state index < -0.39 is 30.9 Å². The zero-order valence-corrected chi connectivity index (χ0v) is 12.9. The number of carbonyl (C=O) groups is 1. The molecular formula is C15H24F3NO3. The molecule has 22 heavy (non-hydrogen) atoms. The molecule has 1 N–H and O–H groups in total. The van der Waals surface area contributed by atoms with Crippen molar-refractivity contribution in [2.24, 2.45) is 5.92 Å². The zero-order chi connectivity index (χ0) is 16.4. The van der Waals surface area contributed by atoms with E-state index in [0.717, 1.165) is 32.1 Å². The lowest BCUT2D eigenvalue weighted by molar-refractivity contribution is -0.178. The molecule has 7 heteroatoms. The fourth-order valence-electron chi connectivity index (χ4n) is 3.81. The van der Waals surface area contributed by atoms with E-state index in [1.807, 2.05) is 0 Å². The summed E-state index contributed by atoms with van der Waals surface area (Å²) in [6.07, 6.45) is 0.750. The molecule has 0 aromatic rings. The van der Waals surface area contributed by atoms with Gasteiger partial charge in [0.05, 0.1) is 5.60 Å². The van der Waals surface area contributed by atoms with Gasteiger partial charge in [-0.25, -0.2) is 0 Å². The molecule has 3 atom stereocenters. The fraction of sp³-hybridized carbons (Fsp3) is 0.933. The number of alkyl halides is 3. The molecule has 2 fully saturated rings. The Labute approximate surface area is 128 Å². The van der Waals surface area contributed by atoms with E-state index in [1.54, 1.807) is 11.8 Å². The molecule has 4 nitrogen and oxygen atoms in total. The minimum atomic E-state index is -4.42. The third kappa shape index (κ3) is 4.35. The molecular weight excluding hydrogens is 299 g/mol. The second-order valence-corrected chi connectivity index (χ2v) is 6.61. The van der Waals surface area contributed by atoms with Gasteiger partial charge in [-0.15, -0.1) is 0 Å². The number of hydrogen-bond acceptors (Lipinski definition) is 3. The molecule has 0 unspecified atom stereocenters. The summed E-state index contributed by atoms with van der Waals surface area (Å²) in [5.74, 6) is -0.413. The first-order valence-corrected chi connectivity index (χ1v) is 7.87. The molecule has 2 aliphatic rings. The first kappa shape index (κ1) is 17.5. The van der Waals surface area contributed by atoms with E-state index in [0.29, 0.717) is 13.0 Å². The number of likely N-dealkylation sites (tertiary alicyclic amines) is 1. The minimum Gasteiger partial charge on any atom is -0.390 e. The molecule has 128 valence electrons. The molecule has 0 aromatic heterocycles. The van der Waals surface area contributed by atoms with Crippen molar-refractivity contribution in [1.82, 2.24) is 4.90 Å². The van der Waals surface area contributed by atoms with Gasteiger partial charge in [-0.3, -0.25) is 4.79 Å². The Kier molecular flexibility index (Phi) is 5.37. The fourth-order valence-corrected chi connectivity index (χ4v) is 3.81. The Bertz CT molecular complexity index is 398. The highest BCUT2D eigenvalue weighted by Gasteiger charge is 2.44. The quantitative estimate of drug-likeness (QED) is 0.865. The zero-order valence-electron chi connectivity index (χ0n) is 12.9. The molecule has 1 saturated heterocycles. The van der Waals surface area contributed by atoms with Crippen molar-refractivity contribution in [3.8, 4) is 0 Å². The maximum Gasteiger partial charge on any atom is 0.411 e. The van der Waals surface area contributed by atoms with Crippen molar-refractivity contribution in [2.75, 3.05) is 19.8 Å². The van der Waals surface area contributed by atoms with Gasteiger partial charge in [0, 0.05) is 18.5 Å². The summed E-state index contributed by atoms with van der Waals surface area (Å²) in [7, 11) is 0. The Balaban J connectivity index is 1.93. The SMILES string of the molecule is C[C@]1(O)CCCC[C@@H]1[C@H]1CCCN1C(=O)COCC(F)(F)F. The number of nitrogens with zero attached hydrogens (tertiary/aromatic N) is 1. The first-order valence-electron chi connectivity index (χ1n) is 7.87. The molecule has 0 bridgehead atoms. The predicted octanol–water partition coefficient (Wildman–Crippen LogP) is 2.50. The minimum absolute atomic E-state index is 0.00434. The van der Waals surface area contributed by atoms with Crippen molar-refractivity contribution in [2.45, 2.75) is 63.3 Å². The molecule has 0 spiro atoms. The van der Waals surface area contributed by atoms with Crippen LogP contribution in [0.1, 0.15) is 45.4 Å². The average Bonchev–Trinajstić information content (AvgIpc) is 2.85. The molecule has 1 heterocycles. The summed E-state index contributed by atoms with van der Waals surface area (Å²) in [4.78, 5) is 13.8. The molecule has 0 radical (unpaired) electrons. The van der Waals surface area contributed by atoms with E-state index in [2.05, 4.69) is 4.74 Å². The third-order valence-corrected chi connectivity index (χ3v) is 4.82. The summed E-state index contributed by atoms with van der Waals surface area (Å²) in [6.45, 7) is 0.382. The lowest BCUT2D eigenvalue weighted by Crippen LogP contribution is -2.51. The Morgan fingerprint density at radius 1 is 1.32 bits per heavy atom. The topological polar surface area (TPSA) is 49.8 Å². The van der Waals surface area contributed by atoms with Gasteiger partial charge in [0.25, 0.3) is 0 Å². The summed E-state index contributed by atoms with van der Waals surface area (Å²) < 4.78 is 40.7. The summed E-state index contributed by atoms with van der Waals surface area (Å²) in [5, 5.41) is 10.6. The highest BCUT2D eigenvalue weighted by molar-refractivity contribution is 5.78. The summed E-state index contributed by atoms with van der Waals surface area (Å²) in [5.41, 5.74) is -0.807. The van der Waals surface area contributed by atoms with Gasteiger partial charge < -0.3 is 14.7 Å². The number of hydrogen-bond donors (Lipinski definition) is 1. The number of amides is 1. The number of halogens is 3. The number of rotatable bonds is 4. The van der Waals surface area contributed by atoms with Crippen LogP contribution in [-0.2, 0) is 9.53 Å². The van der Waals surface area contributed by atoms with Crippen LogP contribution in [0.15, 0.2) is 0 Å². The predicted molar refractivity (Wildman–Crippen MR) is 74.2 cm³/mol. The molecule has 1 aliphatic carbocycles. The Morgan fingerprint density at radius 3 is 2.68 bits per heavy atom. The molecule has 1 aliphatic heterocycles. The van der Waals surface area contributed by atoms with Gasteiger partial charge in [0.2, 0.25) is 5.91 Å². The highest BCUT2D eigenvalue weighted by atomic mass is 19.4. The van der Waals surface area contributed by atoms with Crippen LogP contribution in [0.2, 0.25) is 0 Å². The maximum atomic E-state index is 12.1. The number of ether oxygens (including phenoxy) is 1. The lowest BCUT2D eigenvalue weighted by Gasteiger charge is -2.43. The Morgan fingerprint density at radius 2 is 2.05 bits per heavy atom. The van der Waals surface area contributed by atoms with Crippen LogP contribution in [0.25, 0.3) is 0 Å². The van der Waals surface area contributed by atoms with Crippen LogP contribution in [0, 0.1) is 5.92 Å². The molecule has 1 amide bonds. The van der Waals surface area contributed by atoms with Crippen LogP contribution in [0.5, 0.6) is 0 Å². The summed E-state index contributed by atoms with van der Waals surface area (Å²) in [6, 6.07) is -0.0858.